The highest BCUT2D eigenvalue weighted by Crippen LogP contribution is 2.22. The Morgan fingerprint density at radius 2 is 2.06 bits per heavy atom. The normalized spacial score (nSPS) is 30.0. The maximum Gasteiger partial charge on any atom is 0.0477 e. The monoisotopic (exact) mass is 226 g/mol. The number of ether oxygens (including phenoxy) is 1. The largest absolute Gasteiger partial charge is 0.385 e. The van der Waals surface area contributed by atoms with E-state index < -0.39 is 0 Å². The van der Waals surface area contributed by atoms with Gasteiger partial charge in [-0.2, -0.15) is 0 Å². The fourth-order valence-electron chi connectivity index (χ4n) is 3.11. The molecule has 94 valence electrons. The molecule has 3 nitrogen and oxygen atoms in total. The highest BCUT2D eigenvalue weighted by molar-refractivity contribution is 4.86. The standard InChI is InChI=1S/C13H26N2O/c1-12(6-10-16-2)15-9-4-8-14-7-3-5-13(14)11-15/h12-13H,3-11H2,1-2H3. The predicted octanol–water partition coefficient (Wildman–Crippen LogP) is 1.58. The topological polar surface area (TPSA) is 15.7 Å². The molecule has 2 heterocycles. The summed E-state index contributed by atoms with van der Waals surface area (Å²) in [5.74, 6) is 0. The van der Waals surface area contributed by atoms with E-state index in [1.807, 2.05) is 0 Å². The van der Waals surface area contributed by atoms with Gasteiger partial charge >= 0.3 is 0 Å². The number of methoxy groups -OCH3 is 1. The van der Waals surface area contributed by atoms with Crippen LogP contribution < -0.4 is 0 Å². The van der Waals surface area contributed by atoms with Crippen molar-refractivity contribution in [1.29, 1.82) is 0 Å². The maximum absolute atomic E-state index is 5.18. The first kappa shape index (κ1) is 12.3. The number of fused-ring (bicyclic) bond motifs is 1. The Balaban J connectivity index is 1.84. The first-order valence-corrected chi connectivity index (χ1v) is 6.78. The summed E-state index contributed by atoms with van der Waals surface area (Å²) in [6, 6.07) is 1.52. The van der Waals surface area contributed by atoms with Gasteiger partial charge in [0.15, 0.2) is 0 Å². The Morgan fingerprint density at radius 1 is 1.25 bits per heavy atom. The summed E-state index contributed by atoms with van der Waals surface area (Å²) in [5.41, 5.74) is 0. The van der Waals surface area contributed by atoms with E-state index in [1.165, 1.54) is 51.9 Å². The predicted molar refractivity (Wildman–Crippen MR) is 66.7 cm³/mol. The molecule has 0 bridgehead atoms. The minimum Gasteiger partial charge on any atom is -0.385 e. The molecule has 0 aromatic carbocycles. The highest BCUT2D eigenvalue weighted by atomic mass is 16.5. The van der Waals surface area contributed by atoms with Gasteiger partial charge in [0, 0.05) is 32.3 Å². The first-order chi connectivity index (χ1) is 7.81. The zero-order chi connectivity index (χ0) is 11.4. The Bertz CT molecular complexity index is 210. The van der Waals surface area contributed by atoms with Gasteiger partial charge in [-0.15, -0.1) is 0 Å². The van der Waals surface area contributed by atoms with Crippen LogP contribution in [-0.4, -0.2) is 61.8 Å². The molecule has 0 N–H and O–H groups in total. The van der Waals surface area contributed by atoms with Crippen LogP contribution in [0.4, 0.5) is 0 Å². The molecule has 0 radical (unpaired) electrons. The van der Waals surface area contributed by atoms with E-state index in [0.29, 0.717) is 6.04 Å². The van der Waals surface area contributed by atoms with Crippen LogP contribution in [0.25, 0.3) is 0 Å². The van der Waals surface area contributed by atoms with Crippen molar-refractivity contribution in [3.8, 4) is 0 Å². The van der Waals surface area contributed by atoms with Crippen molar-refractivity contribution >= 4 is 0 Å². The summed E-state index contributed by atoms with van der Waals surface area (Å²) in [6.45, 7) is 8.46. The van der Waals surface area contributed by atoms with E-state index in [0.717, 1.165) is 12.6 Å². The SMILES string of the molecule is COCCC(C)N1CCCN2CCCC2C1. The van der Waals surface area contributed by atoms with Gasteiger partial charge in [-0.3, -0.25) is 9.80 Å². The lowest BCUT2D eigenvalue weighted by molar-refractivity contribution is 0.130. The molecule has 0 spiro atoms. The van der Waals surface area contributed by atoms with Crippen LogP contribution in [0.15, 0.2) is 0 Å². The summed E-state index contributed by atoms with van der Waals surface area (Å²) in [4.78, 5) is 5.37. The van der Waals surface area contributed by atoms with Gasteiger partial charge < -0.3 is 4.74 Å². The van der Waals surface area contributed by atoms with Crippen LogP contribution in [0.5, 0.6) is 0 Å². The molecule has 0 aromatic rings. The third kappa shape index (κ3) is 2.96. The summed E-state index contributed by atoms with van der Waals surface area (Å²) in [7, 11) is 1.80. The number of rotatable bonds is 4. The average Bonchev–Trinajstić information content (AvgIpc) is 2.63. The zero-order valence-electron chi connectivity index (χ0n) is 10.8. The van der Waals surface area contributed by atoms with Crippen LogP contribution in [0.3, 0.4) is 0 Å². The van der Waals surface area contributed by atoms with Crippen molar-refractivity contribution in [2.45, 2.75) is 44.7 Å². The molecule has 2 atom stereocenters. The molecule has 2 rings (SSSR count). The molecule has 2 aliphatic heterocycles. The highest BCUT2D eigenvalue weighted by Gasteiger charge is 2.29. The van der Waals surface area contributed by atoms with Crippen LogP contribution in [0.1, 0.15) is 32.6 Å². The summed E-state index contributed by atoms with van der Waals surface area (Å²) >= 11 is 0. The quantitative estimate of drug-likeness (QED) is 0.724. The molecular weight excluding hydrogens is 200 g/mol. The number of nitrogens with zero attached hydrogens (tertiary/aromatic N) is 2. The van der Waals surface area contributed by atoms with Gasteiger partial charge in [0.2, 0.25) is 0 Å². The first-order valence-electron chi connectivity index (χ1n) is 6.78. The van der Waals surface area contributed by atoms with Gasteiger partial charge in [-0.25, -0.2) is 0 Å². The summed E-state index contributed by atoms with van der Waals surface area (Å²) in [5, 5.41) is 0. The van der Waals surface area contributed by atoms with Gasteiger partial charge in [-0.1, -0.05) is 0 Å². The second-order valence-corrected chi connectivity index (χ2v) is 5.31. The minimum atomic E-state index is 0.681. The smallest absolute Gasteiger partial charge is 0.0477 e. The third-order valence-corrected chi connectivity index (χ3v) is 4.20. The molecule has 3 heteroatoms. The molecule has 2 unspecified atom stereocenters. The van der Waals surface area contributed by atoms with E-state index in [9.17, 15) is 0 Å². The molecule has 0 aromatic heterocycles. The van der Waals surface area contributed by atoms with Crippen LogP contribution in [0, 0.1) is 0 Å². The van der Waals surface area contributed by atoms with Crippen molar-refractivity contribution in [3.05, 3.63) is 0 Å². The van der Waals surface area contributed by atoms with E-state index in [1.54, 1.807) is 7.11 Å². The third-order valence-electron chi connectivity index (χ3n) is 4.20. The van der Waals surface area contributed by atoms with E-state index in [4.69, 9.17) is 4.74 Å². The van der Waals surface area contributed by atoms with Crippen molar-refractivity contribution in [1.82, 2.24) is 9.80 Å². The van der Waals surface area contributed by atoms with E-state index in [2.05, 4.69) is 16.7 Å². The number of hydrogen-bond donors (Lipinski definition) is 0. The molecule has 2 saturated heterocycles. The average molecular weight is 226 g/mol. The molecule has 16 heavy (non-hydrogen) atoms. The minimum absolute atomic E-state index is 0.681. The van der Waals surface area contributed by atoms with E-state index >= 15 is 0 Å². The van der Waals surface area contributed by atoms with Crippen LogP contribution in [0.2, 0.25) is 0 Å². The Labute approximate surface area is 99.7 Å². The fraction of sp³-hybridized carbons (Fsp3) is 1.00. The Morgan fingerprint density at radius 3 is 2.88 bits per heavy atom. The van der Waals surface area contributed by atoms with Crippen molar-refractivity contribution in [2.75, 3.05) is 39.9 Å². The van der Waals surface area contributed by atoms with Gasteiger partial charge in [0.25, 0.3) is 0 Å². The summed E-state index contributed by atoms with van der Waals surface area (Å²) in [6.07, 6.45) is 5.33. The zero-order valence-corrected chi connectivity index (χ0v) is 10.8. The van der Waals surface area contributed by atoms with Crippen molar-refractivity contribution in [3.63, 3.8) is 0 Å². The van der Waals surface area contributed by atoms with Gasteiger partial charge in [0.1, 0.15) is 0 Å². The van der Waals surface area contributed by atoms with Crippen molar-refractivity contribution < 1.29 is 4.74 Å². The van der Waals surface area contributed by atoms with E-state index in [-0.39, 0.29) is 0 Å². The molecule has 2 fully saturated rings. The van der Waals surface area contributed by atoms with Crippen LogP contribution in [-0.2, 0) is 4.74 Å². The van der Waals surface area contributed by atoms with Crippen LogP contribution >= 0.6 is 0 Å². The summed E-state index contributed by atoms with van der Waals surface area (Å²) < 4.78 is 5.18. The Hall–Kier alpha value is -0.120. The lowest BCUT2D eigenvalue weighted by atomic mass is 10.1. The maximum atomic E-state index is 5.18. The fourth-order valence-corrected chi connectivity index (χ4v) is 3.11. The number of hydrogen-bond acceptors (Lipinski definition) is 3. The molecule has 0 amide bonds. The molecule has 0 aliphatic carbocycles. The second-order valence-electron chi connectivity index (χ2n) is 5.31. The van der Waals surface area contributed by atoms with Gasteiger partial charge in [0.05, 0.1) is 0 Å². The van der Waals surface area contributed by atoms with Gasteiger partial charge in [-0.05, 0) is 52.2 Å². The molecule has 2 aliphatic rings. The lowest BCUT2D eigenvalue weighted by Gasteiger charge is -2.30. The lowest BCUT2D eigenvalue weighted by Crippen LogP contribution is -2.41. The molecule has 0 saturated carbocycles. The Kier molecular flexibility index (Phi) is 4.62. The second kappa shape index (κ2) is 5.99. The molecular formula is C13H26N2O. The van der Waals surface area contributed by atoms with Crippen molar-refractivity contribution in [2.24, 2.45) is 0 Å².